The molecule has 1 saturated carbocycles. The molecule has 2 rings (SSSR count). The van der Waals surface area contributed by atoms with Crippen molar-refractivity contribution in [1.82, 2.24) is 5.32 Å². The number of hydrogen-bond acceptors (Lipinski definition) is 1. The predicted octanol–water partition coefficient (Wildman–Crippen LogP) is 2.32. The van der Waals surface area contributed by atoms with Crippen LogP contribution in [-0.2, 0) is 0 Å². The summed E-state index contributed by atoms with van der Waals surface area (Å²) < 4.78 is 0. The Kier molecular flexibility index (Phi) is 2.47. The maximum atomic E-state index is 3.68. The molecule has 64 valence electrons. The molecule has 1 N–H and O–H groups in total. The van der Waals surface area contributed by atoms with Crippen LogP contribution in [0.2, 0.25) is 0 Å². The largest absolute Gasteiger partial charge is 0.314 e. The summed E-state index contributed by atoms with van der Waals surface area (Å²) in [7, 11) is 0. The Labute approximate surface area is 69.6 Å². The Morgan fingerprint density at radius 1 is 0.818 bits per heavy atom. The molecule has 1 heteroatoms. The van der Waals surface area contributed by atoms with Gasteiger partial charge >= 0.3 is 0 Å². The summed E-state index contributed by atoms with van der Waals surface area (Å²) >= 11 is 0. The first-order valence-electron chi connectivity index (χ1n) is 5.20. The van der Waals surface area contributed by atoms with Gasteiger partial charge in [-0.25, -0.2) is 0 Å². The maximum Gasteiger partial charge on any atom is 0.00953 e. The number of rotatable bonds is 1. The van der Waals surface area contributed by atoms with E-state index in [0.29, 0.717) is 0 Å². The van der Waals surface area contributed by atoms with E-state index in [2.05, 4.69) is 5.32 Å². The van der Waals surface area contributed by atoms with Crippen molar-refractivity contribution >= 4 is 0 Å². The molecule has 0 bridgehead atoms. The summed E-state index contributed by atoms with van der Waals surface area (Å²) in [6.45, 7) is 1.28. The maximum absolute atomic E-state index is 3.68. The summed E-state index contributed by atoms with van der Waals surface area (Å²) in [5, 5.41) is 3.68. The molecule has 0 aromatic heterocycles. The smallest absolute Gasteiger partial charge is 0.00953 e. The minimum absolute atomic E-state index is 0.895. The molecule has 1 aliphatic heterocycles. The molecule has 0 aromatic rings. The molecule has 2 fully saturated rings. The highest BCUT2D eigenvalue weighted by atomic mass is 14.9. The third-order valence-corrected chi connectivity index (χ3v) is 3.32. The zero-order valence-corrected chi connectivity index (χ0v) is 7.31. The van der Waals surface area contributed by atoms with Gasteiger partial charge in [0.2, 0.25) is 0 Å². The van der Waals surface area contributed by atoms with Gasteiger partial charge in [-0.15, -0.1) is 0 Å². The Bertz CT molecular complexity index is 110. The van der Waals surface area contributed by atoms with Crippen molar-refractivity contribution in [2.75, 3.05) is 6.54 Å². The monoisotopic (exact) mass is 153 g/mol. The molecule has 0 unspecified atom stereocenters. The molecular weight excluding hydrogens is 134 g/mol. The fourth-order valence-electron chi connectivity index (χ4n) is 2.30. The highest BCUT2D eigenvalue weighted by Crippen LogP contribution is 2.32. The van der Waals surface area contributed by atoms with Crippen LogP contribution in [0, 0.1) is 5.92 Å². The Hall–Kier alpha value is -0.0400. The molecule has 1 heterocycles. The van der Waals surface area contributed by atoms with E-state index in [-0.39, 0.29) is 0 Å². The van der Waals surface area contributed by atoms with E-state index >= 15 is 0 Å². The van der Waals surface area contributed by atoms with Crippen LogP contribution >= 0.6 is 0 Å². The summed E-state index contributed by atoms with van der Waals surface area (Å²) in [5.74, 6) is 1.05. The van der Waals surface area contributed by atoms with Crippen LogP contribution in [-0.4, -0.2) is 12.6 Å². The lowest BCUT2D eigenvalue weighted by Gasteiger charge is -2.33. The zero-order valence-electron chi connectivity index (χ0n) is 7.31. The third kappa shape index (κ3) is 1.76. The van der Waals surface area contributed by atoms with E-state index in [1.807, 2.05) is 0 Å². The lowest BCUT2D eigenvalue weighted by Crippen LogP contribution is -2.38. The SMILES string of the molecule is C1CCN[C@H](C2CCC2)CC1. The van der Waals surface area contributed by atoms with E-state index in [1.165, 1.54) is 51.5 Å². The standard InChI is InChI=1S/C10H19N/c1-2-7-10(11-8-3-1)9-5-4-6-9/h9-11H,1-8H2/t10-/m0/s1. The minimum Gasteiger partial charge on any atom is -0.314 e. The van der Waals surface area contributed by atoms with Gasteiger partial charge in [0.15, 0.2) is 0 Å². The lowest BCUT2D eigenvalue weighted by atomic mass is 9.78. The Morgan fingerprint density at radius 3 is 2.45 bits per heavy atom. The third-order valence-electron chi connectivity index (χ3n) is 3.32. The quantitative estimate of drug-likeness (QED) is 0.609. The van der Waals surface area contributed by atoms with Crippen molar-refractivity contribution in [3.8, 4) is 0 Å². The first-order valence-corrected chi connectivity index (χ1v) is 5.20. The first-order chi connectivity index (χ1) is 5.47. The van der Waals surface area contributed by atoms with Crippen LogP contribution in [0.1, 0.15) is 44.9 Å². The molecular formula is C10H19N. The number of hydrogen-bond donors (Lipinski definition) is 1. The van der Waals surface area contributed by atoms with Crippen molar-refractivity contribution in [2.24, 2.45) is 5.92 Å². The molecule has 1 aliphatic carbocycles. The van der Waals surface area contributed by atoms with Crippen LogP contribution in [0.4, 0.5) is 0 Å². The Morgan fingerprint density at radius 2 is 1.73 bits per heavy atom. The van der Waals surface area contributed by atoms with Crippen molar-refractivity contribution in [3.63, 3.8) is 0 Å². The highest BCUT2D eigenvalue weighted by Gasteiger charge is 2.26. The van der Waals surface area contributed by atoms with E-state index in [4.69, 9.17) is 0 Å². The summed E-state index contributed by atoms with van der Waals surface area (Å²) in [6, 6.07) is 0.895. The van der Waals surface area contributed by atoms with Crippen LogP contribution < -0.4 is 5.32 Å². The summed E-state index contributed by atoms with van der Waals surface area (Å²) in [6.07, 6.45) is 10.3. The van der Waals surface area contributed by atoms with Gasteiger partial charge < -0.3 is 5.32 Å². The second-order valence-corrected chi connectivity index (χ2v) is 4.10. The van der Waals surface area contributed by atoms with E-state index in [0.717, 1.165) is 12.0 Å². The predicted molar refractivity (Wildman–Crippen MR) is 47.6 cm³/mol. The van der Waals surface area contributed by atoms with E-state index < -0.39 is 0 Å². The normalized spacial score (nSPS) is 34.4. The lowest BCUT2D eigenvalue weighted by molar-refractivity contribution is 0.225. The molecule has 1 nitrogen and oxygen atoms in total. The van der Waals surface area contributed by atoms with E-state index in [9.17, 15) is 0 Å². The van der Waals surface area contributed by atoms with Gasteiger partial charge in [0, 0.05) is 6.04 Å². The minimum atomic E-state index is 0.895. The second kappa shape index (κ2) is 3.57. The summed E-state index contributed by atoms with van der Waals surface area (Å²) in [5.41, 5.74) is 0. The fraction of sp³-hybridized carbons (Fsp3) is 1.00. The van der Waals surface area contributed by atoms with Gasteiger partial charge in [0.05, 0.1) is 0 Å². The first kappa shape index (κ1) is 7.60. The van der Waals surface area contributed by atoms with Crippen molar-refractivity contribution in [2.45, 2.75) is 51.0 Å². The van der Waals surface area contributed by atoms with Gasteiger partial charge in [0.25, 0.3) is 0 Å². The van der Waals surface area contributed by atoms with Gasteiger partial charge in [0.1, 0.15) is 0 Å². The summed E-state index contributed by atoms with van der Waals surface area (Å²) in [4.78, 5) is 0. The molecule has 2 aliphatic rings. The average Bonchev–Trinajstić information content (AvgIpc) is 2.12. The van der Waals surface area contributed by atoms with Gasteiger partial charge in [-0.05, 0) is 38.1 Å². The van der Waals surface area contributed by atoms with Gasteiger partial charge in [-0.2, -0.15) is 0 Å². The molecule has 0 aromatic carbocycles. The molecule has 0 radical (unpaired) electrons. The van der Waals surface area contributed by atoms with Crippen molar-refractivity contribution < 1.29 is 0 Å². The van der Waals surface area contributed by atoms with E-state index in [1.54, 1.807) is 0 Å². The Balaban J connectivity index is 1.80. The topological polar surface area (TPSA) is 12.0 Å². The fourth-order valence-corrected chi connectivity index (χ4v) is 2.30. The molecule has 0 amide bonds. The van der Waals surface area contributed by atoms with Crippen LogP contribution in [0.5, 0.6) is 0 Å². The molecule has 11 heavy (non-hydrogen) atoms. The van der Waals surface area contributed by atoms with Crippen LogP contribution in [0.25, 0.3) is 0 Å². The van der Waals surface area contributed by atoms with Crippen LogP contribution in [0.3, 0.4) is 0 Å². The van der Waals surface area contributed by atoms with Crippen molar-refractivity contribution in [1.29, 1.82) is 0 Å². The molecule has 1 saturated heterocycles. The number of nitrogens with one attached hydrogen (secondary N) is 1. The second-order valence-electron chi connectivity index (χ2n) is 4.10. The van der Waals surface area contributed by atoms with Gasteiger partial charge in [-0.3, -0.25) is 0 Å². The average molecular weight is 153 g/mol. The zero-order chi connectivity index (χ0) is 7.52. The molecule has 0 spiro atoms. The highest BCUT2D eigenvalue weighted by molar-refractivity contribution is 4.83. The van der Waals surface area contributed by atoms with Crippen molar-refractivity contribution in [3.05, 3.63) is 0 Å². The molecule has 1 atom stereocenters. The van der Waals surface area contributed by atoms with Crippen LogP contribution in [0.15, 0.2) is 0 Å². The van der Waals surface area contributed by atoms with Gasteiger partial charge in [-0.1, -0.05) is 19.3 Å².